The van der Waals surface area contributed by atoms with Crippen LogP contribution in [0.15, 0.2) is 24.4 Å². The summed E-state index contributed by atoms with van der Waals surface area (Å²) in [5.41, 5.74) is 4.17. The summed E-state index contributed by atoms with van der Waals surface area (Å²) in [5.74, 6) is 0. The van der Waals surface area contributed by atoms with Gasteiger partial charge in [0.15, 0.2) is 5.11 Å². The van der Waals surface area contributed by atoms with Crippen molar-refractivity contribution in [2.45, 2.75) is 20.4 Å². The number of hydrogen-bond acceptors (Lipinski definition) is 2. The Balaban J connectivity index is 1.92. The van der Waals surface area contributed by atoms with Crippen molar-refractivity contribution in [2.75, 3.05) is 5.32 Å². The Morgan fingerprint density at radius 3 is 2.75 bits per heavy atom. The highest BCUT2D eigenvalue weighted by Crippen LogP contribution is 2.19. The van der Waals surface area contributed by atoms with E-state index in [1.165, 1.54) is 0 Å². The molecule has 1 aromatic heterocycles. The molecule has 1 aromatic carbocycles. The van der Waals surface area contributed by atoms with Gasteiger partial charge < -0.3 is 10.6 Å². The van der Waals surface area contributed by atoms with E-state index in [2.05, 4.69) is 15.7 Å². The molecule has 0 spiro atoms. The largest absolute Gasteiger partial charge is 0.358 e. The molecule has 106 valence electrons. The minimum Gasteiger partial charge on any atom is -0.358 e. The summed E-state index contributed by atoms with van der Waals surface area (Å²) in [6, 6.07) is 5.77. The molecule has 1 heterocycles. The Kier molecular flexibility index (Phi) is 4.62. The van der Waals surface area contributed by atoms with Crippen molar-refractivity contribution in [2.24, 2.45) is 7.05 Å². The second-order valence-corrected chi connectivity index (χ2v) is 5.47. The standard InChI is InChI=1S/C14H17ClN4S/c1-9-4-5-12(6-13(9)15)18-14(20)16-7-11-8-17-19(3)10(11)2/h4-6,8H,7H2,1-3H3,(H2,16,18,20). The SMILES string of the molecule is Cc1ccc(NC(=S)NCc2cnn(C)c2C)cc1Cl. The van der Waals surface area contributed by atoms with Gasteiger partial charge in [0.1, 0.15) is 0 Å². The predicted octanol–water partition coefficient (Wildman–Crippen LogP) is 3.18. The summed E-state index contributed by atoms with van der Waals surface area (Å²) in [7, 11) is 1.92. The fourth-order valence-corrected chi connectivity index (χ4v) is 2.11. The van der Waals surface area contributed by atoms with E-state index in [1.807, 2.05) is 50.0 Å². The van der Waals surface area contributed by atoms with Gasteiger partial charge in [0.25, 0.3) is 0 Å². The van der Waals surface area contributed by atoms with Gasteiger partial charge >= 0.3 is 0 Å². The molecule has 0 fully saturated rings. The summed E-state index contributed by atoms with van der Waals surface area (Å²) in [6.07, 6.45) is 1.84. The molecule has 2 N–H and O–H groups in total. The van der Waals surface area contributed by atoms with E-state index < -0.39 is 0 Å². The average Bonchev–Trinajstić information content (AvgIpc) is 2.72. The van der Waals surface area contributed by atoms with Gasteiger partial charge in [-0.05, 0) is 43.8 Å². The van der Waals surface area contributed by atoms with Crippen molar-refractivity contribution in [1.82, 2.24) is 15.1 Å². The number of nitrogens with one attached hydrogen (secondary N) is 2. The van der Waals surface area contributed by atoms with Crippen LogP contribution in [0.1, 0.15) is 16.8 Å². The molecule has 0 unspecified atom stereocenters. The molecule has 20 heavy (non-hydrogen) atoms. The van der Waals surface area contributed by atoms with Gasteiger partial charge in [0, 0.05) is 35.6 Å². The van der Waals surface area contributed by atoms with Crippen LogP contribution in [-0.4, -0.2) is 14.9 Å². The number of aryl methyl sites for hydroxylation is 2. The van der Waals surface area contributed by atoms with Crippen LogP contribution in [0, 0.1) is 13.8 Å². The average molecular weight is 309 g/mol. The van der Waals surface area contributed by atoms with Gasteiger partial charge in [0.05, 0.1) is 6.20 Å². The van der Waals surface area contributed by atoms with Gasteiger partial charge in [-0.25, -0.2) is 0 Å². The number of rotatable bonds is 3. The molecular weight excluding hydrogens is 292 g/mol. The zero-order valence-corrected chi connectivity index (χ0v) is 13.3. The molecule has 0 saturated heterocycles. The molecule has 6 heteroatoms. The number of anilines is 1. The fraction of sp³-hybridized carbons (Fsp3) is 0.286. The molecule has 0 aliphatic heterocycles. The molecule has 0 radical (unpaired) electrons. The van der Waals surface area contributed by atoms with Crippen LogP contribution in [0.4, 0.5) is 5.69 Å². The first-order valence-corrected chi connectivity index (χ1v) is 7.04. The molecular formula is C14H17ClN4S. The monoisotopic (exact) mass is 308 g/mol. The van der Waals surface area contributed by atoms with E-state index in [0.29, 0.717) is 11.7 Å². The maximum Gasteiger partial charge on any atom is 0.171 e. The Morgan fingerprint density at radius 1 is 1.40 bits per heavy atom. The first-order chi connectivity index (χ1) is 9.47. The fourth-order valence-electron chi connectivity index (χ4n) is 1.74. The number of aromatic nitrogens is 2. The van der Waals surface area contributed by atoms with Crippen LogP contribution in [-0.2, 0) is 13.6 Å². The number of hydrogen-bond donors (Lipinski definition) is 2. The topological polar surface area (TPSA) is 41.9 Å². The number of nitrogens with zero attached hydrogens (tertiary/aromatic N) is 2. The normalized spacial score (nSPS) is 10.4. The van der Waals surface area contributed by atoms with E-state index in [4.69, 9.17) is 23.8 Å². The highest BCUT2D eigenvalue weighted by Gasteiger charge is 2.05. The summed E-state index contributed by atoms with van der Waals surface area (Å²) < 4.78 is 1.84. The molecule has 2 aromatic rings. The summed E-state index contributed by atoms with van der Waals surface area (Å²) >= 11 is 11.3. The van der Waals surface area contributed by atoms with Gasteiger partial charge in [0.2, 0.25) is 0 Å². The van der Waals surface area contributed by atoms with Crippen molar-refractivity contribution >= 4 is 34.6 Å². The predicted molar refractivity (Wildman–Crippen MR) is 87.2 cm³/mol. The zero-order valence-electron chi connectivity index (χ0n) is 11.7. The van der Waals surface area contributed by atoms with Gasteiger partial charge in [-0.2, -0.15) is 5.10 Å². The molecule has 2 rings (SSSR count). The Hall–Kier alpha value is -1.59. The first-order valence-electron chi connectivity index (χ1n) is 6.26. The Bertz CT molecular complexity index is 636. The molecule has 0 atom stereocenters. The Labute approximate surface area is 129 Å². The minimum absolute atomic E-state index is 0.563. The number of thiocarbonyl (C=S) groups is 1. The van der Waals surface area contributed by atoms with Crippen molar-refractivity contribution in [3.63, 3.8) is 0 Å². The molecule has 0 amide bonds. The lowest BCUT2D eigenvalue weighted by Crippen LogP contribution is -2.28. The van der Waals surface area contributed by atoms with Gasteiger partial charge in [-0.1, -0.05) is 17.7 Å². The molecule has 0 aliphatic carbocycles. The second kappa shape index (κ2) is 6.24. The highest BCUT2D eigenvalue weighted by atomic mass is 35.5. The van der Waals surface area contributed by atoms with Crippen molar-refractivity contribution in [3.05, 3.63) is 46.2 Å². The minimum atomic E-state index is 0.563. The summed E-state index contributed by atoms with van der Waals surface area (Å²) in [5, 5.41) is 11.8. The lowest BCUT2D eigenvalue weighted by atomic mass is 10.2. The van der Waals surface area contributed by atoms with E-state index in [1.54, 1.807) is 0 Å². The second-order valence-electron chi connectivity index (χ2n) is 4.65. The highest BCUT2D eigenvalue weighted by molar-refractivity contribution is 7.80. The maximum atomic E-state index is 6.08. The van der Waals surface area contributed by atoms with Gasteiger partial charge in [-0.15, -0.1) is 0 Å². The van der Waals surface area contributed by atoms with Crippen LogP contribution in [0.2, 0.25) is 5.02 Å². The van der Waals surface area contributed by atoms with Crippen LogP contribution in [0.25, 0.3) is 0 Å². The lowest BCUT2D eigenvalue weighted by Gasteiger charge is -2.11. The third-order valence-corrected chi connectivity index (χ3v) is 3.86. The van der Waals surface area contributed by atoms with Crippen LogP contribution >= 0.6 is 23.8 Å². The third-order valence-electron chi connectivity index (χ3n) is 3.21. The zero-order chi connectivity index (χ0) is 14.7. The number of benzene rings is 1. The molecule has 0 saturated carbocycles. The van der Waals surface area contributed by atoms with E-state index >= 15 is 0 Å². The van der Waals surface area contributed by atoms with Crippen molar-refractivity contribution < 1.29 is 0 Å². The molecule has 4 nitrogen and oxygen atoms in total. The van der Waals surface area contributed by atoms with Crippen LogP contribution in [0.3, 0.4) is 0 Å². The van der Waals surface area contributed by atoms with Gasteiger partial charge in [-0.3, -0.25) is 4.68 Å². The van der Waals surface area contributed by atoms with Crippen molar-refractivity contribution in [1.29, 1.82) is 0 Å². The van der Waals surface area contributed by atoms with Crippen LogP contribution in [0.5, 0.6) is 0 Å². The van der Waals surface area contributed by atoms with E-state index in [9.17, 15) is 0 Å². The number of halogens is 1. The quantitative estimate of drug-likeness (QED) is 0.855. The van der Waals surface area contributed by atoms with E-state index in [-0.39, 0.29) is 0 Å². The Morgan fingerprint density at radius 2 is 2.15 bits per heavy atom. The molecule has 0 bridgehead atoms. The third kappa shape index (κ3) is 3.49. The smallest absolute Gasteiger partial charge is 0.171 e. The maximum absolute atomic E-state index is 6.08. The first kappa shape index (κ1) is 14.8. The summed E-state index contributed by atoms with van der Waals surface area (Å²) in [6.45, 7) is 4.64. The van der Waals surface area contributed by atoms with E-state index in [0.717, 1.165) is 27.5 Å². The molecule has 0 aliphatic rings. The van der Waals surface area contributed by atoms with Crippen molar-refractivity contribution in [3.8, 4) is 0 Å². The lowest BCUT2D eigenvalue weighted by molar-refractivity contribution is 0.736. The van der Waals surface area contributed by atoms with Crippen LogP contribution < -0.4 is 10.6 Å². The summed E-state index contributed by atoms with van der Waals surface area (Å²) in [4.78, 5) is 0.